The largest absolute Gasteiger partial charge is 0.390 e. The highest BCUT2D eigenvalue weighted by Crippen LogP contribution is 2.01. The second-order valence-electron chi connectivity index (χ2n) is 2.43. The molecule has 1 aromatic heterocycles. The fraction of sp³-hybridized carbons (Fsp3) is 0.667. The third kappa shape index (κ3) is 1.75. The predicted molar refractivity (Wildman–Crippen MR) is 39.7 cm³/mol. The Hall–Kier alpha value is -0.940. The van der Waals surface area contributed by atoms with E-state index in [1.54, 1.807) is 10.9 Å². The van der Waals surface area contributed by atoms with Crippen LogP contribution in [0.15, 0.2) is 6.20 Å². The molecule has 0 unspecified atom stereocenters. The van der Waals surface area contributed by atoms with Crippen LogP contribution in [0.3, 0.4) is 0 Å². The van der Waals surface area contributed by atoms with E-state index >= 15 is 0 Å². The molecular weight excluding hydrogens is 144 g/mol. The second-order valence-corrected chi connectivity index (χ2v) is 2.43. The zero-order valence-electron chi connectivity index (χ0n) is 6.44. The third-order valence-corrected chi connectivity index (χ3v) is 1.51. The fourth-order valence-corrected chi connectivity index (χ4v) is 0.709. The SMILES string of the molecule is C[C@@H](CN)n1cc(CO)nn1. The zero-order valence-corrected chi connectivity index (χ0v) is 6.44. The summed E-state index contributed by atoms with van der Waals surface area (Å²) in [7, 11) is 0. The molecule has 0 aromatic carbocycles. The van der Waals surface area contributed by atoms with E-state index < -0.39 is 0 Å². The topological polar surface area (TPSA) is 77.0 Å². The number of hydrogen-bond acceptors (Lipinski definition) is 4. The molecule has 1 aromatic rings. The molecule has 0 saturated heterocycles. The third-order valence-electron chi connectivity index (χ3n) is 1.51. The van der Waals surface area contributed by atoms with Crippen molar-refractivity contribution in [3.05, 3.63) is 11.9 Å². The Morgan fingerprint density at radius 2 is 2.55 bits per heavy atom. The number of nitrogens with two attached hydrogens (primary N) is 1. The highest BCUT2D eigenvalue weighted by molar-refractivity contribution is 4.90. The van der Waals surface area contributed by atoms with E-state index in [-0.39, 0.29) is 12.6 Å². The summed E-state index contributed by atoms with van der Waals surface area (Å²) in [5.41, 5.74) is 5.98. The molecule has 0 aliphatic carbocycles. The van der Waals surface area contributed by atoms with Gasteiger partial charge >= 0.3 is 0 Å². The van der Waals surface area contributed by atoms with Gasteiger partial charge in [-0.15, -0.1) is 5.10 Å². The first-order chi connectivity index (χ1) is 5.27. The average Bonchev–Trinajstić information content (AvgIpc) is 2.50. The van der Waals surface area contributed by atoms with Gasteiger partial charge in [0.2, 0.25) is 0 Å². The van der Waals surface area contributed by atoms with Crippen molar-refractivity contribution in [3.8, 4) is 0 Å². The van der Waals surface area contributed by atoms with Gasteiger partial charge in [0.15, 0.2) is 0 Å². The smallest absolute Gasteiger partial charge is 0.108 e. The lowest BCUT2D eigenvalue weighted by atomic mass is 10.3. The molecule has 1 rings (SSSR count). The van der Waals surface area contributed by atoms with Crippen LogP contribution in [-0.2, 0) is 6.61 Å². The number of aliphatic hydroxyl groups is 1. The summed E-state index contributed by atoms with van der Waals surface area (Å²) in [6.45, 7) is 2.39. The molecule has 1 atom stereocenters. The van der Waals surface area contributed by atoms with Crippen molar-refractivity contribution in [2.75, 3.05) is 6.54 Å². The van der Waals surface area contributed by atoms with Gasteiger partial charge in [-0.2, -0.15) is 0 Å². The van der Waals surface area contributed by atoms with Crippen molar-refractivity contribution >= 4 is 0 Å². The molecule has 0 aliphatic rings. The van der Waals surface area contributed by atoms with E-state index in [0.717, 1.165) is 0 Å². The molecule has 5 nitrogen and oxygen atoms in total. The number of hydrogen-bond donors (Lipinski definition) is 2. The van der Waals surface area contributed by atoms with Crippen molar-refractivity contribution < 1.29 is 5.11 Å². The molecule has 62 valence electrons. The molecule has 5 heteroatoms. The van der Waals surface area contributed by atoms with Gasteiger partial charge in [-0.25, -0.2) is 4.68 Å². The van der Waals surface area contributed by atoms with Crippen LogP contribution in [0.4, 0.5) is 0 Å². The van der Waals surface area contributed by atoms with Crippen LogP contribution < -0.4 is 5.73 Å². The molecule has 1 heterocycles. The van der Waals surface area contributed by atoms with Gasteiger partial charge in [0, 0.05) is 6.54 Å². The normalized spacial score (nSPS) is 13.4. The van der Waals surface area contributed by atoms with E-state index in [1.807, 2.05) is 6.92 Å². The number of rotatable bonds is 3. The maximum Gasteiger partial charge on any atom is 0.108 e. The van der Waals surface area contributed by atoms with E-state index in [4.69, 9.17) is 10.8 Å². The Morgan fingerprint density at radius 1 is 1.82 bits per heavy atom. The average molecular weight is 156 g/mol. The minimum absolute atomic E-state index is 0.0721. The minimum Gasteiger partial charge on any atom is -0.390 e. The molecule has 0 aliphatic heterocycles. The fourth-order valence-electron chi connectivity index (χ4n) is 0.709. The van der Waals surface area contributed by atoms with Gasteiger partial charge in [0.05, 0.1) is 18.8 Å². The first-order valence-electron chi connectivity index (χ1n) is 3.49. The Kier molecular flexibility index (Phi) is 2.56. The quantitative estimate of drug-likeness (QED) is 0.606. The maximum absolute atomic E-state index is 8.66. The van der Waals surface area contributed by atoms with Crippen molar-refractivity contribution in [1.29, 1.82) is 0 Å². The maximum atomic E-state index is 8.66. The van der Waals surface area contributed by atoms with Crippen LogP contribution in [0.5, 0.6) is 0 Å². The van der Waals surface area contributed by atoms with Gasteiger partial charge in [0.1, 0.15) is 5.69 Å². The molecule has 0 saturated carbocycles. The molecule has 0 bridgehead atoms. The van der Waals surface area contributed by atoms with Crippen LogP contribution in [0.1, 0.15) is 18.7 Å². The Morgan fingerprint density at radius 3 is 3.00 bits per heavy atom. The van der Waals surface area contributed by atoms with Crippen molar-refractivity contribution in [2.45, 2.75) is 19.6 Å². The van der Waals surface area contributed by atoms with Gasteiger partial charge in [-0.3, -0.25) is 0 Å². The van der Waals surface area contributed by atoms with Gasteiger partial charge in [0.25, 0.3) is 0 Å². The monoisotopic (exact) mass is 156 g/mol. The van der Waals surface area contributed by atoms with Gasteiger partial charge in [-0.1, -0.05) is 5.21 Å². The lowest BCUT2D eigenvalue weighted by molar-refractivity contribution is 0.276. The lowest BCUT2D eigenvalue weighted by Gasteiger charge is -2.05. The summed E-state index contributed by atoms with van der Waals surface area (Å²) in [6.07, 6.45) is 1.69. The first kappa shape index (κ1) is 8.16. The van der Waals surface area contributed by atoms with E-state index in [2.05, 4.69) is 10.3 Å². The Labute approximate surface area is 64.8 Å². The summed E-state index contributed by atoms with van der Waals surface area (Å²) >= 11 is 0. The van der Waals surface area contributed by atoms with Crippen molar-refractivity contribution in [3.63, 3.8) is 0 Å². The molecular formula is C6H12N4O. The van der Waals surface area contributed by atoms with Gasteiger partial charge in [-0.05, 0) is 6.92 Å². The summed E-state index contributed by atoms with van der Waals surface area (Å²) in [5, 5.41) is 16.2. The van der Waals surface area contributed by atoms with Crippen molar-refractivity contribution in [2.24, 2.45) is 5.73 Å². The van der Waals surface area contributed by atoms with Gasteiger partial charge < -0.3 is 10.8 Å². The van der Waals surface area contributed by atoms with E-state index in [1.165, 1.54) is 0 Å². The van der Waals surface area contributed by atoms with Crippen LogP contribution in [0.2, 0.25) is 0 Å². The van der Waals surface area contributed by atoms with Crippen LogP contribution in [0, 0.1) is 0 Å². The zero-order chi connectivity index (χ0) is 8.27. The van der Waals surface area contributed by atoms with Crippen molar-refractivity contribution in [1.82, 2.24) is 15.0 Å². The first-order valence-corrected chi connectivity index (χ1v) is 3.49. The van der Waals surface area contributed by atoms with Crippen LogP contribution in [0.25, 0.3) is 0 Å². The Bertz CT molecular complexity index is 222. The standard InChI is InChI=1S/C6H12N4O/c1-5(2-7)10-3-6(4-11)8-9-10/h3,5,11H,2,4,7H2,1H3/t5-/m0/s1. The van der Waals surface area contributed by atoms with E-state index in [9.17, 15) is 0 Å². The summed E-state index contributed by atoms with van der Waals surface area (Å²) in [6, 6.07) is 0.141. The molecule has 0 spiro atoms. The Balaban J connectivity index is 2.71. The number of nitrogens with zero attached hydrogens (tertiary/aromatic N) is 3. The lowest BCUT2D eigenvalue weighted by Crippen LogP contribution is -2.16. The highest BCUT2D eigenvalue weighted by atomic mass is 16.3. The van der Waals surface area contributed by atoms with Crippen LogP contribution in [-0.4, -0.2) is 26.6 Å². The molecule has 0 fully saturated rings. The highest BCUT2D eigenvalue weighted by Gasteiger charge is 2.04. The molecule has 0 radical (unpaired) electrons. The summed E-state index contributed by atoms with van der Waals surface area (Å²) in [4.78, 5) is 0. The second kappa shape index (κ2) is 3.45. The predicted octanol–water partition coefficient (Wildman–Crippen LogP) is -0.710. The summed E-state index contributed by atoms with van der Waals surface area (Å²) < 4.78 is 1.64. The summed E-state index contributed by atoms with van der Waals surface area (Å²) in [5.74, 6) is 0. The minimum atomic E-state index is -0.0721. The number of aliphatic hydroxyl groups excluding tert-OH is 1. The molecule has 11 heavy (non-hydrogen) atoms. The van der Waals surface area contributed by atoms with E-state index in [0.29, 0.717) is 12.2 Å². The molecule has 3 N–H and O–H groups in total. The number of aromatic nitrogens is 3. The molecule has 0 amide bonds. The van der Waals surface area contributed by atoms with Crippen LogP contribution >= 0.6 is 0 Å².